The van der Waals surface area contributed by atoms with Crippen LogP contribution in [0.2, 0.25) is 0 Å². The molecule has 1 aliphatic rings. The van der Waals surface area contributed by atoms with Gasteiger partial charge in [0.1, 0.15) is 11.7 Å². The van der Waals surface area contributed by atoms with Crippen LogP contribution >= 0.6 is 0 Å². The van der Waals surface area contributed by atoms with E-state index in [-0.39, 0.29) is 35.4 Å². The van der Waals surface area contributed by atoms with E-state index in [1.54, 1.807) is 18.2 Å². The fourth-order valence-electron chi connectivity index (χ4n) is 2.28. The monoisotopic (exact) mass is 347 g/mol. The Morgan fingerprint density at radius 3 is 2.58 bits per heavy atom. The molecule has 3 rings (SSSR count). The van der Waals surface area contributed by atoms with Gasteiger partial charge in [-0.25, -0.2) is 12.8 Å². The van der Waals surface area contributed by atoms with Gasteiger partial charge < -0.3 is 5.32 Å². The van der Waals surface area contributed by atoms with Gasteiger partial charge >= 0.3 is 0 Å². The van der Waals surface area contributed by atoms with Gasteiger partial charge in [0, 0.05) is 17.7 Å². The largest absolute Gasteiger partial charge is 0.326 e. The fourth-order valence-corrected chi connectivity index (χ4v) is 3.53. The number of hydrogen-bond acceptors (Lipinski definition) is 4. The van der Waals surface area contributed by atoms with E-state index in [1.807, 2.05) is 0 Å². The summed E-state index contributed by atoms with van der Waals surface area (Å²) < 4.78 is 39.0. The van der Waals surface area contributed by atoms with Crippen LogP contribution in [0.3, 0.4) is 0 Å². The van der Waals surface area contributed by atoms with Crippen molar-refractivity contribution in [3.63, 3.8) is 0 Å². The average Bonchev–Trinajstić information content (AvgIpc) is 2.81. The molecule has 2 aromatic carbocycles. The summed E-state index contributed by atoms with van der Waals surface area (Å²) in [5, 5.41) is 2.62. The molecule has 1 aliphatic heterocycles. The molecule has 0 spiro atoms. The Hall–Kier alpha value is -2.74. The van der Waals surface area contributed by atoms with Crippen molar-refractivity contribution in [1.82, 2.24) is 4.72 Å². The Labute approximate surface area is 138 Å². The number of benzene rings is 2. The van der Waals surface area contributed by atoms with Crippen molar-refractivity contribution in [3.05, 3.63) is 59.9 Å². The number of halogens is 1. The Bertz CT molecular complexity index is 908. The molecular weight excluding hydrogens is 333 g/mol. The van der Waals surface area contributed by atoms with E-state index >= 15 is 0 Å². The van der Waals surface area contributed by atoms with Crippen molar-refractivity contribution < 1.29 is 17.6 Å². The van der Waals surface area contributed by atoms with Gasteiger partial charge in [-0.1, -0.05) is 12.1 Å². The SMILES string of the molecule is O=C(CCN=C1NS(=O)(=O)c2ccccc21)Nc1ccc(F)cc1. The van der Waals surface area contributed by atoms with Crippen molar-refractivity contribution in [1.29, 1.82) is 0 Å². The van der Waals surface area contributed by atoms with Crippen LogP contribution in [-0.4, -0.2) is 26.7 Å². The molecule has 2 N–H and O–H groups in total. The van der Waals surface area contributed by atoms with Crippen molar-refractivity contribution >= 4 is 27.5 Å². The lowest BCUT2D eigenvalue weighted by atomic mass is 10.2. The normalized spacial score (nSPS) is 16.5. The zero-order valence-corrected chi connectivity index (χ0v) is 13.3. The molecule has 1 amide bonds. The molecule has 0 unspecified atom stereocenters. The fraction of sp³-hybridized carbons (Fsp3) is 0.125. The molecule has 0 bridgehead atoms. The maximum Gasteiger partial charge on any atom is 0.263 e. The molecule has 0 fully saturated rings. The highest BCUT2D eigenvalue weighted by Crippen LogP contribution is 2.22. The molecule has 2 aromatic rings. The lowest BCUT2D eigenvalue weighted by Gasteiger charge is -2.04. The molecule has 24 heavy (non-hydrogen) atoms. The van der Waals surface area contributed by atoms with Crippen LogP contribution in [0.5, 0.6) is 0 Å². The molecule has 6 nitrogen and oxygen atoms in total. The van der Waals surface area contributed by atoms with E-state index in [9.17, 15) is 17.6 Å². The number of amides is 1. The average molecular weight is 347 g/mol. The number of nitrogens with zero attached hydrogens (tertiary/aromatic N) is 1. The minimum absolute atomic E-state index is 0.0742. The van der Waals surface area contributed by atoms with Crippen molar-refractivity contribution in [2.45, 2.75) is 11.3 Å². The number of nitrogens with one attached hydrogen (secondary N) is 2. The quantitative estimate of drug-likeness (QED) is 0.885. The number of amidine groups is 1. The van der Waals surface area contributed by atoms with E-state index in [4.69, 9.17) is 0 Å². The number of fused-ring (bicyclic) bond motifs is 1. The molecule has 0 saturated carbocycles. The predicted octanol–water partition coefficient (Wildman–Crippen LogP) is 1.89. The second kappa shape index (κ2) is 6.40. The Kier molecular flexibility index (Phi) is 4.30. The first-order valence-corrected chi connectivity index (χ1v) is 8.66. The number of sulfonamides is 1. The highest BCUT2D eigenvalue weighted by Gasteiger charge is 2.29. The van der Waals surface area contributed by atoms with Crippen LogP contribution < -0.4 is 10.0 Å². The second-order valence-corrected chi connectivity index (χ2v) is 6.79. The number of carbonyl (C=O) groups excluding carboxylic acids is 1. The molecular formula is C16H14FN3O3S. The van der Waals surface area contributed by atoms with E-state index in [0.29, 0.717) is 11.3 Å². The minimum Gasteiger partial charge on any atom is -0.326 e. The van der Waals surface area contributed by atoms with Gasteiger partial charge in [0.15, 0.2) is 0 Å². The second-order valence-electron chi connectivity index (χ2n) is 5.14. The van der Waals surface area contributed by atoms with Crippen LogP contribution in [0, 0.1) is 5.82 Å². The van der Waals surface area contributed by atoms with E-state index in [0.717, 1.165) is 0 Å². The Morgan fingerprint density at radius 2 is 1.83 bits per heavy atom. The molecule has 1 heterocycles. The third-order valence-electron chi connectivity index (χ3n) is 3.40. The van der Waals surface area contributed by atoms with Gasteiger partial charge in [-0.3, -0.25) is 14.5 Å². The van der Waals surface area contributed by atoms with Crippen LogP contribution in [-0.2, 0) is 14.8 Å². The smallest absolute Gasteiger partial charge is 0.263 e. The van der Waals surface area contributed by atoms with Gasteiger partial charge in [-0.15, -0.1) is 0 Å². The molecule has 0 aliphatic carbocycles. The van der Waals surface area contributed by atoms with E-state index < -0.39 is 10.0 Å². The summed E-state index contributed by atoms with van der Waals surface area (Å²) in [5.74, 6) is -0.438. The first-order chi connectivity index (χ1) is 11.5. The highest BCUT2D eigenvalue weighted by atomic mass is 32.2. The molecule has 124 valence electrons. The summed E-state index contributed by atoms with van der Waals surface area (Å²) in [6.07, 6.45) is 0.0742. The zero-order valence-electron chi connectivity index (χ0n) is 12.5. The van der Waals surface area contributed by atoms with Gasteiger partial charge in [0.25, 0.3) is 10.0 Å². The van der Waals surface area contributed by atoms with Crippen molar-refractivity contribution in [3.8, 4) is 0 Å². The third-order valence-corrected chi connectivity index (χ3v) is 4.80. The first kappa shape index (κ1) is 16.1. The van der Waals surface area contributed by atoms with Crippen LogP contribution in [0.25, 0.3) is 0 Å². The number of anilines is 1. The summed E-state index contributed by atoms with van der Waals surface area (Å²) in [7, 11) is -3.57. The summed E-state index contributed by atoms with van der Waals surface area (Å²) in [4.78, 5) is 16.2. The first-order valence-electron chi connectivity index (χ1n) is 7.18. The molecule has 0 radical (unpaired) electrons. The summed E-state index contributed by atoms with van der Waals surface area (Å²) in [6.45, 7) is 0.124. The highest BCUT2D eigenvalue weighted by molar-refractivity contribution is 7.90. The van der Waals surface area contributed by atoms with E-state index in [1.165, 1.54) is 30.3 Å². The van der Waals surface area contributed by atoms with Crippen molar-refractivity contribution in [2.75, 3.05) is 11.9 Å². The number of aliphatic imine (C=N–C) groups is 1. The molecule has 0 aromatic heterocycles. The molecule has 0 atom stereocenters. The third kappa shape index (κ3) is 3.43. The zero-order chi connectivity index (χ0) is 17.2. The Balaban J connectivity index is 1.63. The summed E-state index contributed by atoms with van der Waals surface area (Å²) in [6, 6.07) is 11.9. The van der Waals surface area contributed by atoms with Crippen LogP contribution in [0.15, 0.2) is 58.4 Å². The standard InChI is InChI=1S/C16H14FN3O3S/c17-11-5-7-12(8-6-11)19-15(21)9-10-18-16-13-3-1-2-4-14(13)24(22,23)20-16/h1-8H,9-10H2,(H,18,20)(H,19,21). The summed E-state index contributed by atoms with van der Waals surface area (Å²) in [5.41, 5.74) is 0.984. The van der Waals surface area contributed by atoms with Gasteiger partial charge in [-0.2, -0.15) is 0 Å². The lowest BCUT2D eigenvalue weighted by Crippen LogP contribution is -2.23. The van der Waals surface area contributed by atoms with Crippen LogP contribution in [0.1, 0.15) is 12.0 Å². The lowest BCUT2D eigenvalue weighted by molar-refractivity contribution is -0.116. The van der Waals surface area contributed by atoms with Crippen LogP contribution in [0.4, 0.5) is 10.1 Å². The maximum atomic E-state index is 12.8. The summed E-state index contributed by atoms with van der Waals surface area (Å²) >= 11 is 0. The molecule has 8 heteroatoms. The maximum absolute atomic E-state index is 12.8. The number of hydrogen-bond donors (Lipinski definition) is 2. The number of carbonyl (C=O) groups is 1. The minimum atomic E-state index is -3.57. The predicted molar refractivity (Wildman–Crippen MR) is 87.8 cm³/mol. The van der Waals surface area contributed by atoms with Crippen molar-refractivity contribution in [2.24, 2.45) is 4.99 Å². The number of rotatable bonds is 4. The van der Waals surface area contributed by atoms with Gasteiger partial charge in [-0.05, 0) is 36.4 Å². The van der Waals surface area contributed by atoms with Gasteiger partial charge in [0.2, 0.25) is 5.91 Å². The Morgan fingerprint density at radius 1 is 1.12 bits per heavy atom. The van der Waals surface area contributed by atoms with E-state index in [2.05, 4.69) is 15.0 Å². The van der Waals surface area contributed by atoms with Gasteiger partial charge in [0.05, 0.1) is 11.4 Å². The molecule has 0 saturated heterocycles. The topological polar surface area (TPSA) is 87.6 Å².